The first-order chi connectivity index (χ1) is 9.60. The number of hydrogen-bond donors (Lipinski definition) is 4. The number of carbonyl (C=O) groups excluding carboxylic acids is 1. The fourth-order valence-electron chi connectivity index (χ4n) is 1.31. The molecule has 20 heavy (non-hydrogen) atoms. The minimum Gasteiger partial charge on any atom is -0.383 e. The largest absolute Gasteiger partial charge is 0.383 e. The summed E-state index contributed by atoms with van der Waals surface area (Å²) in [6.45, 7) is 0.546. The summed E-state index contributed by atoms with van der Waals surface area (Å²) >= 11 is 0. The van der Waals surface area contributed by atoms with E-state index in [9.17, 15) is 14.9 Å². The number of hydrogen-bond acceptors (Lipinski definition) is 9. The highest BCUT2D eigenvalue weighted by Gasteiger charge is 2.22. The molecular formula is C9H15N7O4. The van der Waals surface area contributed by atoms with E-state index in [0.29, 0.717) is 13.2 Å². The van der Waals surface area contributed by atoms with Crippen LogP contribution >= 0.6 is 0 Å². The van der Waals surface area contributed by atoms with Gasteiger partial charge in [-0.1, -0.05) is 0 Å². The monoisotopic (exact) mass is 285 g/mol. The summed E-state index contributed by atoms with van der Waals surface area (Å²) in [7, 11) is 1.51. The Kier molecular flexibility index (Phi) is 6.06. The van der Waals surface area contributed by atoms with Gasteiger partial charge in [-0.3, -0.25) is 14.9 Å². The van der Waals surface area contributed by atoms with Gasteiger partial charge in [-0.15, -0.1) is 0 Å². The zero-order valence-corrected chi connectivity index (χ0v) is 10.8. The van der Waals surface area contributed by atoms with Crippen LogP contribution in [0.1, 0.15) is 0 Å². The predicted molar refractivity (Wildman–Crippen MR) is 69.9 cm³/mol. The minimum atomic E-state index is -0.694. The molecule has 0 spiro atoms. The van der Waals surface area contributed by atoms with Crippen molar-refractivity contribution in [2.24, 2.45) is 5.84 Å². The van der Waals surface area contributed by atoms with Crippen LogP contribution in [0.15, 0.2) is 6.33 Å². The van der Waals surface area contributed by atoms with Crippen molar-refractivity contribution < 1.29 is 14.5 Å². The van der Waals surface area contributed by atoms with E-state index in [2.05, 4.69) is 26.0 Å². The first-order valence-electron chi connectivity index (χ1n) is 5.55. The highest BCUT2D eigenvalue weighted by atomic mass is 16.6. The van der Waals surface area contributed by atoms with Gasteiger partial charge in [-0.05, 0) is 0 Å². The molecule has 0 aliphatic rings. The number of ether oxygens (including phenoxy) is 1. The second-order valence-corrected chi connectivity index (χ2v) is 3.52. The van der Waals surface area contributed by atoms with E-state index in [1.807, 2.05) is 0 Å². The molecule has 1 heterocycles. The molecule has 0 saturated heterocycles. The number of carbonyl (C=O) groups is 1. The summed E-state index contributed by atoms with van der Waals surface area (Å²) in [6, 6.07) is 0. The SMILES string of the molecule is COCCNC(=O)CNc1ncnc(NN)c1[N+](=O)[O-]. The number of nitrogens with two attached hydrogens (primary N) is 1. The van der Waals surface area contributed by atoms with Crippen LogP contribution in [-0.4, -0.2) is 47.6 Å². The Morgan fingerprint density at radius 1 is 1.50 bits per heavy atom. The van der Waals surface area contributed by atoms with Crippen molar-refractivity contribution in [2.45, 2.75) is 0 Å². The second-order valence-electron chi connectivity index (χ2n) is 3.52. The molecule has 0 aliphatic carbocycles. The Morgan fingerprint density at radius 2 is 2.20 bits per heavy atom. The van der Waals surface area contributed by atoms with Crippen molar-refractivity contribution in [1.82, 2.24) is 15.3 Å². The summed E-state index contributed by atoms with van der Waals surface area (Å²) < 4.78 is 4.77. The predicted octanol–water partition coefficient (Wildman–Crippen LogP) is -1.16. The van der Waals surface area contributed by atoms with Crippen molar-refractivity contribution >= 4 is 23.2 Å². The van der Waals surface area contributed by atoms with Gasteiger partial charge >= 0.3 is 5.69 Å². The van der Waals surface area contributed by atoms with Crippen LogP contribution in [0.4, 0.5) is 17.3 Å². The smallest absolute Gasteiger partial charge is 0.354 e. The second kappa shape index (κ2) is 7.81. The summed E-state index contributed by atoms with van der Waals surface area (Å²) in [5.74, 6) is 4.54. The molecule has 5 N–H and O–H groups in total. The molecule has 0 bridgehead atoms. The van der Waals surface area contributed by atoms with Gasteiger partial charge in [0.05, 0.1) is 18.1 Å². The average Bonchev–Trinajstić information content (AvgIpc) is 2.44. The maximum atomic E-state index is 11.4. The Bertz CT molecular complexity index is 481. The van der Waals surface area contributed by atoms with Crippen LogP contribution in [0.25, 0.3) is 0 Å². The van der Waals surface area contributed by atoms with Gasteiger partial charge in [0.25, 0.3) is 0 Å². The number of rotatable bonds is 8. The van der Waals surface area contributed by atoms with Gasteiger partial charge in [0.15, 0.2) is 0 Å². The number of nitro groups is 1. The summed E-state index contributed by atoms with van der Waals surface area (Å²) in [5, 5.41) is 16.0. The van der Waals surface area contributed by atoms with Crippen molar-refractivity contribution in [3.05, 3.63) is 16.4 Å². The molecule has 110 valence electrons. The van der Waals surface area contributed by atoms with Crippen LogP contribution in [-0.2, 0) is 9.53 Å². The number of anilines is 2. The van der Waals surface area contributed by atoms with Gasteiger partial charge in [-0.2, -0.15) is 0 Å². The lowest BCUT2D eigenvalue weighted by atomic mass is 10.4. The van der Waals surface area contributed by atoms with Gasteiger partial charge in [-0.25, -0.2) is 15.8 Å². The number of nitrogens with one attached hydrogen (secondary N) is 3. The van der Waals surface area contributed by atoms with E-state index in [1.165, 1.54) is 7.11 Å². The topological polar surface area (TPSA) is 157 Å². The normalized spacial score (nSPS) is 9.90. The first kappa shape index (κ1) is 15.5. The zero-order chi connectivity index (χ0) is 15.0. The summed E-state index contributed by atoms with van der Waals surface area (Å²) in [4.78, 5) is 29.0. The van der Waals surface area contributed by atoms with Crippen molar-refractivity contribution in [2.75, 3.05) is 37.5 Å². The number of nitrogens with zero attached hydrogens (tertiary/aromatic N) is 3. The Morgan fingerprint density at radius 3 is 2.80 bits per heavy atom. The van der Waals surface area contributed by atoms with Crippen molar-refractivity contribution in [1.29, 1.82) is 0 Å². The van der Waals surface area contributed by atoms with Crippen LogP contribution in [0.3, 0.4) is 0 Å². The Balaban J connectivity index is 2.68. The van der Waals surface area contributed by atoms with Crippen molar-refractivity contribution in [3.8, 4) is 0 Å². The number of amides is 1. The molecule has 11 heteroatoms. The van der Waals surface area contributed by atoms with Gasteiger partial charge in [0, 0.05) is 13.7 Å². The third kappa shape index (κ3) is 4.29. The quantitative estimate of drug-likeness (QED) is 0.200. The minimum absolute atomic E-state index is 0.0974. The molecule has 0 saturated carbocycles. The van der Waals surface area contributed by atoms with Gasteiger partial charge in [0.1, 0.15) is 6.33 Å². The van der Waals surface area contributed by atoms with Gasteiger partial charge < -0.3 is 20.8 Å². The molecule has 1 amide bonds. The highest BCUT2D eigenvalue weighted by molar-refractivity contribution is 5.82. The first-order valence-corrected chi connectivity index (χ1v) is 5.55. The molecule has 0 atom stereocenters. The number of hydrazine groups is 1. The van der Waals surface area contributed by atoms with E-state index >= 15 is 0 Å². The number of aromatic nitrogens is 2. The number of nitrogen functional groups attached to an aromatic ring is 1. The fourth-order valence-corrected chi connectivity index (χ4v) is 1.31. The van der Waals surface area contributed by atoms with E-state index in [0.717, 1.165) is 6.33 Å². The molecule has 0 unspecified atom stereocenters. The third-order valence-corrected chi connectivity index (χ3v) is 2.19. The van der Waals surface area contributed by atoms with Crippen molar-refractivity contribution in [3.63, 3.8) is 0 Å². The molecule has 0 fully saturated rings. The highest BCUT2D eigenvalue weighted by Crippen LogP contribution is 2.27. The lowest BCUT2D eigenvalue weighted by Crippen LogP contribution is -2.32. The summed E-state index contributed by atoms with van der Waals surface area (Å²) in [5.41, 5.74) is 1.67. The molecular weight excluding hydrogens is 270 g/mol. The van der Waals surface area contributed by atoms with E-state index < -0.39 is 10.6 Å². The lowest BCUT2D eigenvalue weighted by Gasteiger charge is -2.08. The maximum Gasteiger partial charge on any atom is 0.354 e. The van der Waals surface area contributed by atoms with Gasteiger partial charge in [0.2, 0.25) is 17.5 Å². The van der Waals surface area contributed by atoms with Crippen LogP contribution in [0, 0.1) is 10.1 Å². The third-order valence-electron chi connectivity index (χ3n) is 2.19. The Hall–Kier alpha value is -2.53. The van der Waals surface area contributed by atoms with E-state index in [1.54, 1.807) is 0 Å². The number of methoxy groups -OCH3 is 1. The van der Waals surface area contributed by atoms with Crippen LogP contribution in [0.5, 0.6) is 0 Å². The standard InChI is InChI=1S/C9H15N7O4/c1-20-3-2-11-6(17)4-12-8-7(16(18)19)9(15-10)14-5-13-8/h5H,2-4,10H2,1H3,(H,11,17)(H2,12,13,14,15). The fraction of sp³-hybridized carbons (Fsp3) is 0.444. The maximum absolute atomic E-state index is 11.4. The molecule has 1 rings (SSSR count). The Labute approximate surface area is 114 Å². The van der Waals surface area contributed by atoms with Crippen LogP contribution < -0.4 is 21.9 Å². The zero-order valence-electron chi connectivity index (χ0n) is 10.8. The molecule has 0 aromatic carbocycles. The lowest BCUT2D eigenvalue weighted by molar-refractivity contribution is -0.383. The molecule has 11 nitrogen and oxygen atoms in total. The van der Waals surface area contributed by atoms with E-state index in [4.69, 9.17) is 10.6 Å². The molecule has 1 aromatic rings. The van der Waals surface area contributed by atoms with E-state index in [-0.39, 0.29) is 24.1 Å². The van der Waals surface area contributed by atoms with Crippen LogP contribution in [0.2, 0.25) is 0 Å². The summed E-state index contributed by atoms with van der Waals surface area (Å²) in [6.07, 6.45) is 1.09. The molecule has 0 aliphatic heterocycles. The molecule has 0 radical (unpaired) electrons. The average molecular weight is 285 g/mol. The molecule has 1 aromatic heterocycles.